The first-order valence-electron chi connectivity index (χ1n) is 9.36. The molecule has 1 aromatic carbocycles. The molecule has 2 aromatic heterocycles. The van der Waals surface area contributed by atoms with Gasteiger partial charge in [0.1, 0.15) is 0 Å². The van der Waals surface area contributed by atoms with Crippen LogP contribution in [0.15, 0.2) is 60.3 Å². The summed E-state index contributed by atoms with van der Waals surface area (Å²) in [6.45, 7) is 2.57. The van der Waals surface area contributed by atoms with Crippen molar-refractivity contribution in [3.8, 4) is 0 Å². The number of pyridine rings is 1. The molecule has 1 amide bonds. The van der Waals surface area contributed by atoms with Gasteiger partial charge >= 0.3 is 0 Å². The van der Waals surface area contributed by atoms with Gasteiger partial charge in [0.2, 0.25) is 5.95 Å². The summed E-state index contributed by atoms with van der Waals surface area (Å²) in [5, 5.41) is 6.28. The van der Waals surface area contributed by atoms with Gasteiger partial charge in [0.05, 0.1) is 11.0 Å². The molecule has 1 aliphatic rings. The van der Waals surface area contributed by atoms with E-state index in [2.05, 4.69) is 25.2 Å². The topological polar surface area (TPSA) is 71.8 Å². The number of carbonyl (C=O) groups excluding carboxylic acids is 1. The van der Waals surface area contributed by atoms with E-state index in [0.29, 0.717) is 12.5 Å². The molecule has 0 spiro atoms. The Hall–Kier alpha value is -2.99. The fraction of sp³-hybridized carbons (Fsp3) is 0.286. The number of carbonyl (C=O) groups is 1. The summed E-state index contributed by atoms with van der Waals surface area (Å²) in [6.07, 6.45) is 6.14. The van der Waals surface area contributed by atoms with Crippen molar-refractivity contribution in [1.82, 2.24) is 19.9 Å². The van der Waals surface area contributed by atoms with Crippen molar-refractivity contribution in [2.24, 2.45) is 0 Å². The fourth-order valence-corrected chi connectivity index (χ4v) is 3.39. The summed E-state index contributed by atoms with van der Waals surface area (Å²) >= 11 is 0. The highest BCUT2D eigenvalue weighted by Gasteiger charge is 2.13. The van der Waals surface area contributed by atoms with Crippen LogP contribution in [0.1, 0.15) is 18.5 Å². The average molecular weight is 361 g/mol. The average Bonchev–Trinajstić information content (AvgIpc) is 3.04. The number of amides is 1. The first kappa shape index (κ1) is 17.4. The van der Waals surface area contributed by atoms with Crippen molar-refractivity contribution in [2.75, 3.05) is 18.4 Å². The third-order valence-corrected chi connectivity index (χ3v) is 4.79. The Bertz CT molecular complexity index is 953. The lowest BCUT2D eigenvalue weighted by molar-refractivity contribution is -0.112. The maximum atomic E-state index is 12.5. The SMILES string of the molecule is O=C(C=C1CCNCC1)Nc1nc2ccccc2n1CCc1ccccn1. The number of imidazole rings is 1. The predicted molar refractivity (Wildman–Crippen MR) is 106 cm³/mol. The summed E-state index contributed by atoms with van der Waals surface area (Å²) in [6, 6.07) is 13.9. The van der Waals surface area contributed by atoms with E-state index in [1.54, 1.807) is 12.3 Å². The van der Waals surface area contributed by atoms with Crippen LogP contribution in [-0.4, -0.2) is 33.5 Å². The van der Waals surface area contributed by atoms with Crippen molar-refractivity contribution in [3.63, 3.8) is 0 Å². The van der Waals surface area contributed by atoms with Crippen molar-refractivity contribution in [3.05, 3.63) is 66.0 Å². The molecule has 0 atom stereocenters. The zero-order valence-corrected chi connectivity index (χ0v) is 15.2. The normalized spacial score (nSPS) is 14.3. The number of hydrogen-bond donors (Lipinski definition) is 2. The van der Waals surface area contributed by atoms with Gasteiger partial charge in [-0.1, -0.05) is 23.8 Å². The first-order valence-corrected chi connectivity index (χ1v) is 9.36. The van der Waals surface area contributed by atoms with Gasteiger partial charge in [-0.15, -0.1) is 0 Å². The van der Waals surface area contributed by atoms with Crippen molar-refractivity contribution >= 4 is 22.9 Å². The number of nitrogens with one attached hydrogen (secondary N) is 2. The van der Waals surface area contributed by atoms with Crippen molar-refractivity contribution in [1.29, 1.82) is 0 Å². The maximum Gasteiger partial charge on any atom is 0.250 e. The highest BCUT2D eigenvalue weighted by molar-refractivity contribution is 5.99. The van der Waals surface area contributed by atoms with E-state index in [1.807, 2.05) is 42.5 Å². The fourth-order valence-electron chi connectivity index (χ4n) is 3.39. The van der Waals surface area contributed by atoms with E-state index in [-0.39, 0.29) is 5.91 Å². The van der Waals surface area contributed by atoms with E-state index in [4.69, 9.17) is 0 Å². The van der Waals surface area contributed by atoms with Gasteiger partial charge in [-0.25, -0.2) is 4.98 Å². The number of rotatable bonds is 5. The van der Waals surface area contributed by atoms with Gasteiger partial charge in [-0.3, -0.25) is 15.1 Å². The van der Waals surface area contributed by atoms with E-state index >= 15 is 0 Å². The molecular formula is C21H23N5O. The highest BCUT2D eigenvalue weighted by Crippen LogP contribution is 2.20. The molecule has 0 radical (unpaired) electrons. The minimum absolute atomic E-state index is 0.110. The third-order valence-electron chi connectivity index (χ3n) is 4.79. The molecule has 3 heterocycles. The largest absolute Gasteiger partial charge is 0.316 e. The molecule has 0 aliphatic carbocycles. The van der Waals surface area contributed by atoms with Gasteiger partial charge in [0, 0.05) is 30.9 Å². The molecule has 6 nitrogen and oxygen atoms in total. The Morgan fingerprint density at radius 2 is 1.96 bits per heavy atom. The molecule has 27 heavy (non-hydrogen) atoms. The second-order valence-electron chi connectivity index (χ2n) is 6.69. The van der Waals surface area contributed by atoms with Gasteiger partial charge in [0.15, 0.2) is 0 Å². The lowest BCUT2D eigenvalue weighted by Gasteiger charge is -2.15. The predicted octanol–water partition coefficient (Wildman–Crippen LogP) is 2.92. The second-order valence-corrected chi connectivity index (χ2v) is 6.69. The van der Waals surface area contributed by atoms with Crippen LogP contribution in [0.2, 0.25) is 0 Å². The number of piperidine rings is 1. The van der Waals surface area contributed by atoms with E-state index < -0.39 is 0 Å². The zero-order valence-electron chi connectivity index (χ0n) is 15.2. The molecule has 2 N–H and O–H groups in total. The minimum Gasteiger partial charge on any atom is -0.316 e. The Kier molecular flexibility index (Phi) is 5.25. The number of nitrogens with zero attached hydrogens (tertiary/aromatic N) is 3. The number of anilines is 1. The zero-order chi connectivity index (χ0) is 18.5. The number of aromatic nitrogens is 3. The highest BCUT2D eigenvalue weighted by atomic mass is 16.1. The summed E-state index contributed by atoms with van der Waals surface area (Å²) < 4.78 is 2.06. The molecule has 3 aromatic rings. The summed E-state index contributed by atoms with van der Waals surface area (Å²) in [5.74, 6) is 0.476. The molecule has 0 bridgehead atoms. The van der Waals surface area contributed by atoms with Gasteiger partial charge in [-0.05, 0) is 50.2 Å². The van der Waals surface area contributed by atoms with Gasteiger partial charge < -0.3 is 9.88 Å². The molecule has 1 fully saturated rings. The van der Waals surface area contributed by atoms with Gasteiger partial charge in [-0.2, -0.15) is 0 Å². The number of benzene rings is 1. The van der Waals surface area contributed by atoms with Crippen LogP contribution in [0.3, 0.4) is 0 Å². The molecule has 4 rings (SSSR count). The molecular weight excluding hydrogens is 338 g/mol. The van der Waals surface area contributed by atoms with Crippen molar-refractivity contribution in [2.45, 2.75) is 25.8 Å². The molecule has 138 valence electrons. The lowest BCUT2D eigenvalue weighted by Crippen LogP contribution is -2.24. The van der Waals surface area contributed by atoms with Gasteiger partial charge in [0.25, 0.3) is 5.91 Å². The van der Waals surface area contributed by atoms with Crippen LogP contribution in [0.25, 0.3) is 11.0 Å². The number of fused-ring (bicyclic) bond motifs is 1. The number of aryl methyl sites for hydroxylation is 2. The molecule has 1 saturated heterocycles. The van der Waals surface area contributed by atoms with E-state index in [9.17, 15) is 4.79 Å². The lowest BCUT2D eigenvalue weighted by atomic mass is 10.1. The summed E-state index contributed by atoms with van der Waals surface area (Å²) in [7, 11) is 0. The van der Waals surface area contributed by atoms with Crippen LogP contribution >= 0.6 is 0 Å². The second kappa shape index (κ2) is 8.14. The summed E-state index contributed by atoms with van der Waals surface area (Å²) in [4.78, 5) is 21.5. The monoisotopic (exact) mass is 361 g/mol. The Labute approximate surface area is 158 Å². The first-order chi connectivity index (χ1) is 13.3. The van der Waals surface area contributed by atoms with Crippen LogP contribution < -0.4 is 10.6 Å². The Morgan fingerprint density at radius 1 is 1.15 bits per heavy atom. The Morgan fingerprint density at radius 3 is 2.78 bits per heavy atom. The maximum absolute atomic E-state index is 12.5. The van der Waals surface area contributed by atoms with Crippen molar-refractivity contribution < 1.29 is 4.79 Å². The molecule has 1 aliphatic heterocycles. The van der Waals surface area contributed by atoms with E-state index in [1.165, 1.54) is 5.57 Å². The number of para-hydroxylation sites is 2. The molecule has 6 heteroatoms. The third kappa shape index (κ3) is 4.23. The van der Waals surface area contributed by atoms with Crippen LogP contribution in [0, 0.1) is 0 Å². The van der Waals surface area contributed by atoms with Crippen LogP contribution in [0.5, 0.6) is 0 Å². The molecule has 0 unspecified atom stereocenters. The summed E-state index contributed by atoms with van der Waals surface area (Å²) in [5.41, 5.74) is 4.09. The number of hydrogen-bond acceptors (Lipinski definition) is 4. The minimum atomic E-state index is -0.110. The standard InChI is InChI=1S/C21H23N5O/c27-20(15-16-8-12-22-13-9-16)25-21-24-18-6-1-2-7-19(18)26(21)14-10-17-5-3-4-11-23-17/h1-7,11,15,22H,8-10,12-14H2,(H,24,25,27). The van der Waals surface area contributed by atoms with Crippen LogP contribution in [-0.2, 0) is 17.8 Å². The smallest absolute Gasteiger partial charge is 0.250 e. The quantitative estimate of drug-likeness (QED) is 0.686. The van der Waals surface area contributed by atoms with E-state index in [0.717, 1.165) is 49.1 Å². The molecule has 0 saturated carbocycles. The van der Waals surface area contributed by atoms with Crippen LogP contribution in [0.4, 0.5) is 5.95 Å². The Balaban J connectivity index is 1.56.